The van der Waals surface area contributed by atoms with E-state index in [-0.39, 0.29) is 36.5 Å². The summed E-state index contributed by atoms with van der Waals surface area (Å²) in [4.78, 5) is 41.5. The lowest BCUT2D eigenvalue weighted by molar-refractivity contribution is -0.120. The number of carbonyl (C=O) groups is 2. The van der Waals surface area contributed by atoms with Crippen LogP contribution in [-0.4, -0.2) is 77.1 Å². The minimum atomic E-state index is -0.242. The molecule has 3 N–H and O–H groups in total. The summed E-state index contributed by atoms with van der Waals surface area (Å²) < 4.78 is 0. The van der Waals surface area contributed by atoms with E-state index in [9.17, 15) is 14.7 Å². The molecule has 0 bridgehead atoms. The van der Waals surface area contributed by atoms with E-state index in [1.165, 1.54) is 0 Å². The van der Waals surface area contributed by atoms with Gasteiger partial charge in [0.15, 0.2) is 5.82 Å². The molecule has 204 valence electrons. The number of rotatable bonds is 7. The topological polar surface area (TPSA) is 114 Å². The smallest absolute Gasteiger partial charge is 0.251 e. The second-order valence-electron chi connectivity index (χ2n) is 10.8. The number of carbonyl (C=O) groups excluding carboxylic acids is 2. The summed E-state index contributed by atoms with van der Waals surface area (Å²) >= 11 is 0. The third kappa shape index (κ3) is 5.19. The normalized spacial score (nSPS) is 21.1. The number of fused-ring (bicyclic) bond motifs is 1. The summed E-state index contributed by atoms with van der Waals surface area (Å²) in [6, 6.07) is 5.47. The number of nitrogens with one attached hydrogen (secondary N) is 2. The number of piperidine rings is 1. The first-order valence-corrected chi connectivity index (χ1v) is 13.8. The van der Waals surface area contributed by atoms with E-state index in [1.54, 1.807) is 36.3 Å². The number of aromatic nitrogens is 2. The van der Waals surface area contributed by atoms with Crippen LogP contribution in [0.5, 0.6) is 0 Å². The first-order chi connectivity index (χ1) is 18.4. The molecule has 1 saturated carbocycles. The van der Waals surface area contributed by atoms with Crippen molar-refractivity contribution in [1.82, 2.24) is 20.2 Å². The number of likely N-dealkylation sites (tertiary alicyclic amines) is 1. The van der Waals surface area contributed by atoms with Gasteiger partial charge in [0, 0.05) is 35.9 Å². The Morgan fingerprint density at radius 3 is 2.55 bits per heavy atom. The molecule has 1 atom stereocenters. The zero-order chi connectivity index (χ0) is 26.8. The number of anilines is 4. The molecular formula is C28H39N7O3. The fourth-order valence-corrected chi connectivity index (χ4v) is 5.97. The summed E-state index contributed by atoms with van der Waals surface area (Å²) in [6.45, 7) is 3.75. The predicted molar refractivity (Wildman–Crippen MR) is 148 cm³/mol. The lowest BCUT2D eigenvalue weighted by Gasteiger charge is -2.43. The van der Waals surface area contributed by atoms with Crippen LogP contribution in [0.2, 0.25) is 0 Å². The molecule has 10 heteroatoms. The third-order valence-corrected chi connectivity index (χ3v) is 8.25. The highest BCUT2D eigenvalue weighted by Crippen LogP contribution is 2.40. The van der Waals surface area contributed by atoms with Crippen molar-refractivity contribution in [3.05, 3.63) is 35.5 Å². The van der Waals surface area contributed by atoms with Crippen LogP contribution in [0.25, 0.3) is 0 Å². The van der Waals surface area contributed by atoms with Gasteiger partial charge in [-0.05, 0) is 70.4 Å². The highest BCUT2D eigenvalue weighted by Gasteiger charge is 2.41. The molecule has 3 aliphatic rings. The maximum Gasteiger partial charge on any atom is 0.251 e. The molecule has 10 nitrogen and oxygen atoms in total. The number of likely N-dealkylation sites (N-methyl/N-ethyl adjacent to an activating group) is 1. The summed E-state index contributed by atoms with van der Waals surface area (Å²) in [7, 11) is 3.88. The molecule has 0 spiro atoms. The second-order valence-corrected chi connectivity index (χ2v) is 10.8. The van der Waals surface area contributed by atoms with Gasteiger partial charge in [-0.15, -0.1) is 0 Å². The fourth-order valence-electron chi connectivity index (χ4n) is 5.97. The Kier molecular flexibility index (Phi) is 7.80. The van der Waals surface area contributed by atoms with Crippen molar-refractivity contribution in [1.29, 1.82) is 0 Å². The molecule has 1 aromatic carbocycles. The van der Waals surface area contributed by atoms with Crippen LogP contribution < -0.4 is 20.4 Å². The van der Waals surface area contributed by atoms with Crippen molar-refractivity contribution in [2.75, 3.05) is 42.3 Å². The average molecular weight is 522 g/mol. The van der Waals surface area contributed by atoms with Gasteiger partial charge in [-0.1, -0.05) is 19.8 Å². The number of hydrogen-bond acceptors (Lipinski definition) is 8. The highest BCUT2D eigenvalue weighted by atomic mass is 16.3. The van der Waals surface area contributed by atoms with Crippen molar-refractivity contribution in [2.45, 2.75) is 76.6 Å². The van der Waals surface area contributed by atoms with Crippen molar-refractivity contribution in [3.8, 4) is 0 Å². The summed E-state index contributed by atoms with van der Waals surface area (Å²) in [5.41, 5.74) is 2.46. The van der Waals surface area contributed by atoms with E-state index in [0.29, 0.717) is 34.9 Å². The summed E-state index contributed by atoms with van der Waals surface area (Å²) in [5, 5.41) is 16.5. The number of aliphatic hydroxyl groups is 1. The van der Waals surface area contributed by atoms with E-state index in [2.05, 4.69) is 32.5 Å². The Hall–Kier alpha value is -3.24. The molecule has 1 saturated heterocycles. The van der Waals surface area contributed by atoms with Gasteiger partial charge in [0.05, 0.1) is 12.8 Å². The molecule has 0 unspecified atom stereocenters. The fraction of sp³-hybridized carbons (Fsp3) is 0.571. The van der Waals surface area contributed by atoms with Crippen molar-refractivity contribution >= 4 is 35.0 Å². The van der Waals surface area contributed by atoms with Crippen LogP contribution >= 0.6 is 0 Å². The Morgan fingerprint density at radius 1 is 1.13 bits per heavy atom. The van der Waals surface area contributed by atoms with E-state index in [0.717, 1.165) is 57.4 Å². The van der Waals surface area contributed by atoms with Crippen LogP contribution in [0.3, 0.4) is 0 Å². The largest absolute Gasteiger partial charge is 0.392 e. The second kappa shape index (κ2) is 11.2. The monoisotopic (exact) mass is 521 g/mol. The average Bonchev–Trinajstić information content (AvgIpc) is 3.46. The first-order valence-electron chi connectivity index (χ1n) is 13.8. The Labute approximate surface area is 224 Å². The SMILES string of the molecule is CC[C@@H]1C(=O)N(C)c2cnc(Nc3ccc(C(=O)NC4CCN(C)CC4)cc3CO)nc2N1C1CCCC1. The number of amides is 2. The van der Waals surface area contributed by atoms with E-state index in [4.69, 9.17) is 4.98 Å². The van der Waals surface area contributed by atoms with Gasteiger partial charge in [-0.2, -0.15) is 4.98 Å². The Morgan fingerprint density at radius 2 is 1.87 bits per heavy atom. The van der Waals surface area contributed by atoms with E-state index >= 15 is 0 Å². The van der Waals surface area contributed by atoms with Crippen LogP contribution in [0, 0.1) is 0 Å². The highest BCUT2D eigenvalue weighted by molar-refractivity contribution is 6.04. The standard InChI is InChI=1S/C28H39N7O3/c1-4-23-27(38)34(3)24-16-29-28(32-25(24)35(23)21-7-5-6-8-21)31-22-10-9-18(15-19(22)17-36)26(37)30-20-11-13-33(2)14-12-20/h9-10,15-16,20-21,23,36H,4-8,11-14,17H2,1-3H3,(H,30,37)(H,29,31,32)/t23-/m1/s1. The minimum Gasteiger partial charge on any atom is -0.392 e. The molecule has 38 heavy (non-hydrogen) atoms. The zero-order valence-electron chi connectivity index (χ0n) is 22.6. The molecule has 1 aromatic heterocycles. The quantitative estimate of drug-likeness (QED) is 0.510. The molecule has 1 aliphatic carbocycles. The van der Waals surface area contributed by atoms with Gasteiger partial charge in [-0.3, -0.25) is 9.59 Å². The molecule has 2 aromatic rings. The van der Waals surface area contributed by atoms with Crippen LogP contribution in [0.4, 0.5) is 23.1 Å². The third-order valence-electron chi connectivity index (χ3n) is 8.25. The van der Waals surface area contributed by atoms with Gasteiger partial charge in [-0.25, -0.2) is 4.98 Å². The van der Waals surface area contributed by atoms with Crippen LogP contribution in [-0.2, 0) is 11.4 Å². The predicted octanol–water partition coefficient (Wildman–Crippen LogP) is 3.04. The van der Waals surface area contributed by atoms with Gasteiger partial charge in [0.2, 0.25) is 11.9 Å². The van der Waals surface area contributed by atoms with Gasteiger partial charge < -0.3 is 30.4 Å². The molecule has 5 rings (SSSR count). The van der Waals surface area contributed by atoms with Crippen molar-refractivity contribution < 1.29 is 14.7 Å². The number of aliphatic hydroxyl groups excluding tert-OH is 1. The Balaban J connectivity index is 1.38. The molecular weight excluding hydrogens is 482 g/mol. The van der Waals surface area contributed by atoms with E-state index < -0.39 is 0 Å². The first kappa shape index (κ1) is 26.4. The molecule has 2 fully saturated rings. The molecule has 2 amide bonds. The minimum absolute atomic E-state index is 0.0767. The van der Waals surface area contributed by atoms with Crippen LogP contribution in [0.15, 0.2) is 24.4 Å². The molecule has 0 radical (unpaired) electrons. The Bertz CT molecular complexity index is 1180. The molecule has 2 aliphatic heterocycles. The summed E-state index contributed by atoms with van der Waals surface area (Å²) in [5.74, 6) is 1.11. The number of nitrogens with zero attached hydrogens (tertiary/aromatic N) is 5. The summed E-state index contributed by atoms with van der Waals surface area (Å²) in [6.07, 6.45) is 8.68. The van der Waals surface area contributed by atoms with Crippen molar-refractivity contribution in [3.63, 3.8) is 0 Å². The zero-order valence-corrected chi connectivity index (χ0v) is 22.6. The van der Waals surface area contributed by atoms with Gasteiger partial charge >= 0.3 is 0 Å². The lowest BCUT2D eigenvalue weighted by Crippen LogP contribution is -2.55. The molecule has 3 heterocycles. The van der Waals surface area contributed by atoms with E-state index in [1.807, 2.05) is 6.92 Å². The number of benzene rings is 1. The maximum atomic E-state index is 13.1. The number of hydrogen-bond donors (Lipinski definition) is 3. The van der Waals surface area contributed by atoms with Gasteiger partial charge in [0.1, 0.15) is 11.7 Å². The maximum absolute atomic E-state index is 13.1. The van der Waals surface area contributed by atoms with Gasteiger partial charge in [0.25, 0.3) is 5.91 Å². The lowest BCUT2D eigenvalue weighted by atomic mass is 10.0. The van der Waals surface area contributed by atoms with Crippen LogP contribution in [0.1, 0.15) is 67.8 Å². The van der Waals surface area contributed by atoms with Crippen molar-refractivity contribution in [2.24, 2.45) is 0 Å².